The van der Waals surface area contributed by atoms with Crippen molar-refractivity contribution in [3.05, 3.63) is 71.1 Å². The van der Waals surface area contributed by atoms with Crippen LogP contribution in [0.5, 0.6) is 0 Å². The average Bonchev–Trinajstić information content (AvgIpc) is 2.84. The van der Waals surface area contributed by atoms with Crippen LogP contribution in [0.2, 0.25) is 5.02 Å². The van der Waals surface area contributed by atoms with Crippen molar-refractivity contribution in [3.63, 3.8) is 0 Å². The molecule has 12 heteroatoms. The van der Waals surface area contributed by atoms with E-state index in [0.717, 1.165) is 17.2 Å². The highest BCUT2D eigenvalue weighted by atomic mass is 35.5. The number of anilines is 2. The van der Waals surface area contributed by atoms with Crippen LogP contribution in [0.15, 0.2) is 48.7 Å². The summed E-state index contributed by atoms with van der Waals surface area (Å²) in [6.07, 6.45) is 1.79. The Kier molecular flexibility index (Phi) is 7.62. The number of halogens is 4. The zero-order valence-corrected chi connectivity index (χ0v) is 21.5. The van der Waals surface area contributed by atoms with Crippen LogP contribution in [0.1, 0.15) is 12.8 Å². The number of urea groups is 1. The number of carbonyl (C=O) groups is 2. The Labute approximate surface area is 216 Å². The molecule has 0 radical (unpaired) electrons. The van der Waals surface area contributed by atoms with Crippen molar-refractivity contribution >= 4 is 47.5 Å². The molecule has 0 spiro atoms. The number of nitrogens with zero attached hydrogens (tertiary/aromatic N) is 2. The summed E-state index contributed by atoms with van der Waals surface area (Å²) < 4.78 is 57.2. The van der Waals surface area contributed by atoms with E-state index in [1.54, 1.807) is 37.6 Å². The number of pyridine rings is 1. The number of nitrogens with one attached hydrogen (secondary N) is 2. The summed E-state index contributed by atoms with van der Waals surface area (Å²) in [5, 5.41) is 5.09. The summed E-state index contributed by atoms with van der Waals surface area (Å²) >= 11 is 5.65. The fraction of sp³-hybridized carbons (Fsp3) is 0.240. The molecule has 1 aliphatic heterocycles. The predicted octanol–water partition coefficient (Wildman–Crippen LogP) is 5.38. The van der Waals surface area contributed by atoms with E-state index in [-0.39, 0.29) is 35.1 Å². The molecule has 37 heavy (non-hydrogen) atoms. The third-order valence-electron chi connectivity index (χ3n) is 5.91. The molecule has 2 heterocycles. The molecule has 1 aliphatic rings. The summed E-state index contributed by atoms with van der Waals surface area (Å²) in [5.41, 5.74) is -0.0444. The van der Waals surface area contributed by atoms with Gasteiger partial charge in [-0.2, -0.15) is 0 Å². The highest BCUT2D eigenvalue weighted by Gasteiger charge is 2.33. The summed E-state index contributed by atoms with van der Waals surface area (Å²) in [6, 6.07) is 8.14. The van der Waals surface area contributed by atoms with Gasteiger partial charge in [0, 0.05) is 23.6 Å². The zero-order valence-electron chi connectivity index (χ0n) is 19.9. The van der Waals surface area contributed by atoms with E-state index in [4.69, 9.17) is 11.6 Å². The smallest absolute Gasteiger partial charge is 0.321 e. The number of rotatable bonds is 5. The summed E-state index contributed by atoms with van der Waals surface area (Å²) in [5.74, 6) is -4.30. The second kappa shape index (κ2) is 10.6. The molecule has 2 aromatic carbocycles. The van der Waals surface area contributed by atoms with Crippen molar-refractivity contribution in [2.45, 2.75) is 18.9 Å². The number of aromatic nitrogens is 1. The van der Waals surface area contributed by atoms with E-state index in [1.807, 2.05) is 0 Å². The number of amides is 3. The van der Waals surface area contributed by atoms with Crippen molar-refractivity contribution in [1.29, 1.82) is 0 Å². The van der Waals surface area contributed by atoms with Crippen molar-refractivity contribution in [2.24, 2.45) is 0 Å². The van der Waals surface area contributed by atoms with Gasteiger partial charge in [-0.05, 0) is 49.9 Å². The molecule has 1 aromatic heterocycles. The van der Waals surface area contributed by atoms with Gasteiger partial charge < -0.3 is 14.8 Å². The maximum Gasteiger partial charge on any atom is 0.321 e. The minimum atomic E-state index is -2.79. The number of piperidine rings is 1. The maximum absolute atomic E-state index is 15.3. The first-order valence-corrected chi connectivity index (χ1v) is 14.3. The molecule has 3 amide bonds. The fourth-order valence-corrected chi connectivity index (χ4v) is 5.55. The number of hydrogen-bond donors (Lipinski definition) is 2. The van der Waals surface area contributed by atoms with E-state index < -0.39 is 42.6 Å². The molecule has 0 bridgehead atoms. The summed E-state index contributed by atoms with van der Waals surface area (Å²) in [4.78, 5) is 30.2. The van der Waals surface area contributed by atoms with Gasteiger partial charge in [-0.1, -0.05) is 35.9 Å². The fourth-order valence-electron chi connectivity index (χ4n) is 4.18. The first kappa shape index (κ1) is 26.7. The topological polar surface area (TPSA) is 91.4 Å². The highest BCUT2D eigenvalue weighted by Crippen LogP contribution is 2.40. The lowest BCUT2D eigenvalue weighted by molar-refractivity contribution is -0.121. The van der Waals surface area contributed by atoms with Crippen molar-refractivity contribution in [3.8, 4) is 11.1 Å². The van der Waals surface area contributed by atoms with E-state index in [9.17, 15) is 18.5 Å². The number of carbonyl (C=O) groups excluding carboxylic acids is 2. The molecule has 1 fully saturated rings. The third kappa shape index (κ3) is 5.65. The lowest BCUT2D eigenvalue weighted by Gasteiger charge is -2.33. The molecule has 2 N–H and O–H groups in total. The lowest BCUT2D eigenvalue weighted by atomic mass is 10.0. The van der Waals surface area contributed by atoms with Gasteiger partial charge in [-0.15, -0.1) is 0 Å². The highest BCUT2D eigenvalue weighted by molar-refractivity contribution is 7.70. The Balaban J connectivity index is 1.56. The van der Waals surface area contributed by atoms with Crippen molar-refractivity contribution in [1.82, 2.24) is 10.3 Å². The maximum atomic E-state index is 15.3. The monoisotopic (exact) mass is 550 g/mol. The largest absolute Gasteiger partial charge is 0.326 e. The normalized spacial score (nSPS) is 16.0. The van der Waals surface area contributed by atoms with Crippen LogP contribution in [-0.4, -0.2) is 42.8 Å². The average molecular weight is 551 g/mol. The van der Waals surface area contributed by atoms with E-state index in [0.29, 0.717) is 17.3 Å². The van der Waals surface area contributed by atoms with Crippen molar-refractivity contribution in [2.75, 3.05) is 30.1 Å². The Morgan fingerprint density at radius 2 is 1.84 bits per heavy atom. The molecule has 1 saturated heterocycles. The lowest BCUT2D eigenvalue weighted by Crippen LogP contribution is -2.53. The minimum Gasteiger partial charge on any atom is -0.326 e. The SMILES string of the molecule is CP(C)(=O)c1ccccc1-c1ccc(N2CCC[C@@H](NC(=O)Nc3ncc(Cl)cc3F)C2=O)c(F)c1F. The first-order valence-electron chi connectivity index (χ1n) is 11.3. The second-order valence-corrected chi connectivity index (χ2v) is 12.5. The van der Waals surface area contributed by atoms with Crippen LogP contribution in [0.25, 0.3) is 11.1 Å². The Morgan fingerprint density at radius 1 is 1.11 bits per heavy atom. The van der Waals surface area contributed by atoms with Crippen molar-refractivity contribution < 1.29 is 27.3 Å². The van der Waals surface area contributed by atoms with E-state index >= 15 is 8.78 Å². The standard InChI is InChI=1S/C25H23ClF3N4O3P/c1-37(2,36)20-8-4-3-6-15(20)16-9-10-19(22(29)21(16)28)33-11-5-7-18(24(33)34)31-25(35)32-23-17(27)12-14(26)13-30-23/h3-4,6,8-10,12-13,18H,5,7,11H2,1-2H3,(H2,30,31,32,35)/t18-/m1/s1. The molecule has 194 valence electrons. The van der Waals surface area contributed by atoms with Gasteiger partial charge in [0.05, 0.1) is 10.7 Å². The van der Waals surface area contributed by atoms with Crippen LogP contribution in [0.3, 0.4) is 0 Å². The quantitative estimate of drug-likeness (QED) is 0.417. The minimum absolute atomic E-state index is 0.0451. The van der Waals surface area contributed by atoms with Gasteiger partial charge in [-0.3, -0.25) is 10.1 Å². The Hall–Kier alpha value is -3.36. The molecule has 0 saturated carbocycles. The Bertz CT molecular complexity index is 1430. The van der Waals surface area contributed by atoms with Gasteiger partial charge >= 0.3 is 6.03 Å². The van der Waals surface area contributed by atoms with Crippen LogP contribution >= 0.6 is 18.7 Å². The molecule has 3 aromatic rings. The van der Waals surface area contributed by atoms with E-state index in [2.05, 4.69) is 15.6 Å². The second-order valence-electron chi connectivity index (χ2n) is 8.90. The van der Waals surface area contributed by atoms with Crippen LogP contribution in [0, 0.1) is 17.5 Å². The van der Waals surface area contributed by atoms with Crippen LogP contribution in [-0.2, 0) is 9.36 Å². The molecule has 7 nitrogen and oxygen atoms in total. The summed E-state index contributed by atoms with van der Waals surface area (Å²) in [7, 11) is -2.79. The summed E-state index contributed by atoms with van der Waals surface area (Å²) in [6.45, 7) is 3.19. The molecule has 4 rings (SSSR count). The van der Waals surface area contributed by atoms with Crippen LogP contribution < -0.4 is 20.8 Å². The number of hydrogen-bond acceptors (Lipinski definition) is 4. The zero-order chi connectivity index (χ0) is 26.9. The third-order valence-corrected chi connectivity index (χ3v) is 7.67. The van der Waals surface area contributed by atoms with Gasteiger partial charge in [0.1, 0.15) is 13.2 Å². The predicted molar refractivity (Wildman–Crippen MR) is 138 cm³/mol. The van der Waals surface area contributed by atoms with Crippen LogP contribution in [0.4, 0.5) is 29.5 Å². The van der Waals surface area contributed by atoms with Gasteiger partial charge in [0.15, 0.2) is 23.3 Å². The molecular formula is C25H23ClF3N4O3P. The number of benzene rings is 2. The van der Waals surface area contributed by atoms with Gasteiger partial charge in [0.25, 0.3) is 0 Å². The first-order chi connectivity index (χ1) is 17.5. The Morgan fingerprint density at radius 3 is 2.54 bits per heavy atom. The molecule has 0 unspecified atom stereocenters. The molecular weight excluding hydrogens is 528 g/mol. The van der Waals surface area contributed by atoms with Gasteiger partial charge in [0.2, 0.25) is 5.91 Å². The molecule has 1 atom stereocenters. The van der Waals surface area contributed by atoms with Gasteiger partial charge in [-0.25, -0.2) is 22.9 Å². The molecule has 0 aliphatic carbocycles. The van der Waals surface area contributed by atoms with E-state index in [1.165, 1.54) is 12.1 Å².